The fraction of sp³-hybridized carbons (Fsp3) is 0.462. The zero-order valence-corrected chi connectivity index (χ0v) is 11.1. The summed E-state index contributed by atoms with van der Waals surface area (Å²) in [7, 11) is 0. The molecule has 18 heavy (non-hydrogen) atoms. The molecule has 0 unspecified atom stereocenters. The molecule has 1 aliphatic rings. The lowest BCUT2D eigenvalue weighted by Crippen LogP contribution is -2.36. The van der Waals surface area contributed by atoms with Gasteiger partial charge in [-0.1, -0.05) is 6.07 Å². The Hall–Kier alpha value is -1.26. The predicted octanol–water partition coefficient (Wildman–Crippen LogP) is 1.44. The number of carbonyl (C=O) groups excluding carboxylic acids is 1. The molecule has 0 aromatic heterocycles. The summed E-state index contributed by atoms with van der Waals surface area (Å²) in [5.74, 6) is 0.421. The lowest BCUT2D eigenvalue weighted by Gasteiger charge is -2.29. The number of nitrogens with two attached hydrogens (primary N) is 1. The summed E-state index contributed by atoms with van der Waals surface area (Å²) in [6, 6.07) is 5.38. The molecule has 0 saturated heterocycles. The molecule has 1 aromatic carbocycles. The third kappa shape index (κ3) is 3.37. The second-order valence-electron chi connectivity index (χ2n) is 4.41. The molecular formula is C13H19ClN2O2. The van der Waals surface area contributed by atoms with Crippen LogP contribution in [0.15, 0.2) is 18.2 Å². The molecule has 1 aromatic rings. The monoisotopic (exact) mass is 270 g/mol. The van der Waals surface area contributed by atoms with Crippen LogP contribution in [-0.4, -0.2) is 29.0 Å². The summed E-state index contributed by atoms with van der Waals surface area (Å²) >= 11 is 0. The predicted molar refractivity (Wildman–Crippen MR) is 72.8 cm³/mol. The van der Waals surface area contributed by atoms with Gasteiger partial charge in [-0.05, 0) is 42.6 Å². The molecule has 0 atom stereocenters. The minimum atomic E-state index is 0. The number of rotatable bonds is 3. The smallest absolute Gasteiger partial charge is 0.222 e. The van der Waals surface area contributed by atoms with Crippen molar-refractivity contribution < 1.29 is 9.90 Å². The van der Waals surface area contributed by atoms with E-state index >= 15 is 0 Å². The number of halogens is 1. The molecule has 0 spiro atoms. The molecule has 100 valence electrons. The second-order valence-corrected chi connectivity index (χ2v) is 4.41. The Morgan fingerprint density at radius 1 is 1.39 bits per heavy atom. The van der Waals surface area contributed by atoms with Crippen molar-refractivity contribution in [2.75, 3.05) is 13.1 Å². The Morgan fingerprint density at radius 2 is 2.17 bits per heavy atom. The fourth-order valence-corrected chi connectivity index (χ4v) is 2.17. The summed E-state index contributed by atoms with van der Waals surface area (Å²) < 4.78 is 0. The number of amides is 1. The quantitative estimate of drug-likeness (QED) is 0.873. The maximum absolute atomic E-state index is 11.9. The average Bonchev–Trinajstić information content (AvgIpc) is 2.35. The summed E-state index contributed by atoms with van der Waals surface area (Å²) in [6.07, 6.45) is 2.12. The summed E-state index contributed by atoms with van der Waals surface area (Å²) in [5.41, 5.74) is 7.68. The number of phenols is 1. The molecule has 1 heterocycles. The highest BCUT2D eigenvalue weighted by atomic mass is 35.5. The van der Waals surface area contributed by atoms with Gasteiger partial charge in [0.05, 0.1) is 0 Å². The van der Waals surface area contributed by atoms with Gasteiger partial charge in [0.25, 0.3) is 0 Å². The van der Waals surface area contributed by atoms with E-state index in [2.05, 4.69) is 0 Å². The van der Waals surface area contributed by atoms with Crippen LogP contribution < -0.4 is 5.73 Å². The van der Waals surface area contributed by atoms with Crippen LogP contribution in [0.1, 0.15) is 24.0 Å². The number of benzene rings is 1. The van der Waals surface area contributed by atoms with E-state index in [9.17, 15) is 9.90 Å². The summed E-state index contributed by atoms with van der Waals surface area (Å²) in [6.45, 7) is 1.92. The Labute approximate surface area is 113 Å². The van der Waals surface area contributed by atoms with Crippen LogP contribution in [-0.2, 0) is 17.8 Å². The van der Waals surface area contributed by atoms with E-state index in [1.807, 2.05) is 11.0 Å². The van der Waals surface area contributed by atoms with E-state index < -0.39 is 0 Å². The van der Waals surface area contributed by atoms with Gasteiger partial charge in [-0.2, -0.15) is 0 Å². The fourth-order valence-electron chi connectivity index (χ4n) is 2.17. The van der Waals surface area contributed by atoms with Crippen molar-refractivity contribution >= 4 is 18.3 Å². The number of hydrogen-bond donors (Lipinski definition) is 2. The molecular weight excluding hydrogens is 252 g/mol. The van der Waals surface area contributed by atoms with E-state index in [4.69, 9.17) is 5.73 Å². The normalized spacial score (nSPS) is 13.7. The van der Waals surface area contributed by atoms with Crippen LogP contribution in [0.3, 0.4) is 0 Å². The Morgan fingerprint density at radius 3 is 2.89 bits per heavy atom. The average molecular weight is 271 g/mol. The zero-order chi connectivity index (χ0) is 12.3. The first-order chi connectivity index (χ1) is 8.20. The number of hydrogen-bond acceptors (Lipinski definition) is 3. The van der Waals surface area contributed by atoms with Crippen molar-refractivity contribution in [3.8, 4) is 5.75 Å². The van der Waals surface area contributed by atoms with Crippen LogP contribution in [0, 0.1) is 0 Å². The molecule has 0 bridgehead atoms. The van der Waals surface area contributed by atoms with E-state index in [1.54, 1.807) is 12.1 Å². The number of fused-ring (bicyclic) bond motifs is 1. The highest BCUT2D eigenvalue weighted by molar-refractivity contribution is 5.85. The van der Waals surface area contributed by atoms with Crippen LogP contribution in [0.4, 0.5) is 0 Å². The van der Waals surface area contributed by atoms with Gasteiger partial charge in [0.15, 0.2) is 0 Å². The van der Waals surface area contributed by atoms with E-state index in [-0.39, 0.29) is 24.1 Å². The van der Waals surface area contributed by atoms with Gasteiger partial charge in [0.2, 0.25) is 5.91 Å². The zero-order valence-electron chi connectivity index (χ0n) is 10.3. The molecule has 5 heteroatoms. The maximum Gasteiger partial charge on any atom is 0.222 e. The van der Waals surface area contributed by atoms with Crippen molar-refractivity contribution in [2.24, 2.45) is 5.73 Å². The molecule has 0 fully saturated rings. The molecule has 0 aliphatic carbocycles. The minimum absolute atomic E-state index is 0. The summed E-state index contributed by atoms with van der Waals surface area (Å²) in [4.78, 5) is 13.7. The van der Waals surface area contributed by atoms with Crippen LogP contribution in [0.25, 0.3) is 0 Å². The molecule has 1 aliphatic heterocycles. The lowest BCUT2D eigenvalue weighted by atomic mass is 9.99. The molecule has 0 saturated carbocycles. The Bertz CT molecular complexity index is 423. The first kappa shape index (κ1) is 14.8. The van der Waals surface area contributed by atoms with Crippen LogP contribution in [0.2, 0.25) is 0 Å². The number of nitrogens with zero attached hydrogens (tertiary/aromatic N) is 1. The highest BCUT2D eigenvalue weighted by Gasteiger charge is 2.20. The van der Waals surface area contributed by atoms with E-state index in [1.165, 1.54) is 5.56 Å². The molecule has 1 amide bonds. The van der Waals surface area contributed by atoms with E-state index in [0.717, 1.165) is 24.9 Å². The van der Waals surface area contributed by atoms with Gasteiger partial charge in [0.1, 0.15) is 5.75 Å². The van der Waals surface area contributed by atoms with Gasteiger partial charge in [-0.25, -0.2) is 0 Å². The first-order valence-electron chi connectivity index (χ1n) is 5.99. The largest absolute Gasteiger partial charge is 0.508 e. The third-order valence-electron chi connectivity index (χ3n) is 3.15. The lowest BCUT2D eigenvalue weighted by molar-refractivity contribution is -0.132. The standard InChI is InChI=1S/C13H18N2O2.ClH/c14-6-1-2-13(17)15-7-5-10-3-4-12(16)8-11(10)9-15;/h3-4,8,16H,1-2,5-7,9,14H2;1H. The van der Waals surface area contributed by atoms with Crippen molar-refractivity contribution in [1.82, 2.24) is 4.90 Å². The minimum Gasteiger partial charge on any atom is -0.508 e. The Balaban J connectivity index is 0.00000162. The topological polar surface area (TPSA) is 66.6 Å². The molecule has 2 rings (SSSR count). The third-order valence-corrected chi connectivity index (χ3v) is 3.15. The van der Waals surface area contributed by atoms with E-state index in [0.29, 0.717) is 19.5 Å². The first-order valence-corrected chi connectivity index (χ1v) is 5.99. The van der Waals surface area contributed by atoms with Crippen molar-refractivity contribution in [1.29, 1.82) is 0 Å². The van der Waals surface area contributed by atoms with Gasteiger partial charge >= 0.3 is 0 Å². The van der Waals surface area contributed by atoms with Crippen molar-refractivity contribution in [3.63, 3.8) is 0 Å². The van der Waals surface area contributed by atoms with Crippen LogP contribution in [0.5, 0.6) is 5.75 Å². The van der Waals surface area contributed by atoms with Gasteiger partial charge in [-0.3, -0.25) is 4.79 Å². The number of phenolic OH excluding ortho intramolecular Hbond substituents is 1. The van der Waals surface area contributed by atoms with Gasteiger partial charge < -0.3 is 15.7 Å². The van der Waals surface area contributed by atoms with Crippen molar-refractivity contribution in [2.45, 2.75) is 25.8 Å². The molecule has 3 N–H and O–H groups in total. The van der Waals surface area contributed by atoms with Crippen molar-refractivity contribution in [3.05, 3.63) is 29.3 Å². The second kappa shape index (κ2) is 6.61. The number of aromatic hydroxyl groups is 1. The Kier molecular flexibility index (Phi) is 5.44. The molecule has 0 radical (unpaired) electrons. The molecule has 4 nitrogen and oxygen atoms in total. The number of carbonyl (C=O) groups is 1. The van der Waals surface area contributed by atoms with Gasteiger partial charge in [0, 0.05) is 19.5 Å². The SMILES string of the molecule is Cl.NCCCC(=O)N1CCc2ccc(O)cc2C1. The maximum atomic E-state index is 11.9. The highest BCUT2D eigenvalue weighted by Crippen LogP contribution is 2.23. The van der Waals surface area contributed by atoms with Crippen LogP contribution >= 0.6 is 12.4 Å². The summed E-state index contributed by atoms with van der Waals surface area (Å²) in [5, 5.41) is 9.43. The van der Waals surface area contributed by atoms with Gasteiger partial charge in [-0.15, -0.1) is 12.4 Å².